The van der Waals surface area contributed by atoms with Crippen LogP contribution in [0.1, 0.15) is 5.56 Å². The average Bonchev–Trinajstić information content (AvgIpc) is 2.81. The summed E-state index contributed by atoms with van der Waals surface area (Å²) in [6.45, 7) is 2.03. The van der Waals surface area contributed by atoms with E-state index >= 15 is 0 Å². The zero-order valence-corrected chi connectivity index (χ0v) is 12.4. The van der Waals surface area contributed by atoms with Gasteiger partial charge >= 0.3 is 0 Å². The zero-order valence-electron chi connectivity index (χ0n) is 10.8. The number of halogens is 1. The summed E-state index contributed by atoms with van der Waals surface area (Å²) in [4.78, 5) is 4.02. The Kier molecular flexibility index (Phi) is 3.28. The van der Waals surface area contributed by atoms with Crippen LogP contribution >= 0.6 is 15.9 Å². The van der Waals surface area contributed by atoms with Crippen LogP contribution in [0.2, 0.25) is 0 Å². The van der Waals surface area contributed by atoms with Crippen molar-refractivity contribution >= 4 is 21.7 Å². The average molecular weight is 330 g/mol. The minimum Gasteiger partial charge on any atom is -0.380 e. The fourth-order valence-electron chi connectivity index (χ4n) is 2.09. The Balaban J connectivity index is 2.21. The highest BCUT2D eigenvalue weighted by Gasteiger charge is 2.19. The van der Waals surface area contributed by atoms with E-state index < -0.39 is 0 Å². The number of anilines is 1. The first-order valence-corrected chi connectivity index (χ1v) is 6.88. The summed E-state index contributed by atoms with van der Waals surface area (Å²) in [5, 5.41) is 3.89. The van der Waals surface area contributed by atoms with E-state index in [0.29, 0.717) is 11.6 Å². The molecule has 0 amide bonds. The fourth-order valence-corrected chi connectivity index (χ4v) is 2.76. The lowest BCUT2D eigenvalue weighted by Gasteiger charge is -2.05. The van der Waals surface area contributed by atoms with Crippen LogP contribution in [0.4, 0.5) is 5.82 Å². The highest BCUT2D eigenvalue weighted by molar-refractivity contribution is 9.10. The predicted molar refractivity (Wildman–Crippen MR) is 82.0 cm³/mol. The smallest absolute Gasteiger partial charge is 0.178 e. The minimum absolute atomic E-state index is 0.374. The third kappa shape index (κ3) is 2.20. The lowest BCUT2D eigenvalue weighted by atomic mass is 10.0. The third-order valence-electron chi connectivity index (χ3n) is 3.06. The molecule has 0 atom stereocenters. The molecule has 4 nitrogen and oxygen atoms in total. The third-order valence-corrected chi connectivity index (χ3v) is 3.71. The van der Waals surface area contributed by atoms with Crippen molar-refractivity contribution in [2.24, 2.45) is 0 Å². The number of hydrogen-bond donors (Lipinski definition) is 1. The van der Waals surface area contributed by atoms with E-state index in [1.165, 1.54) is 5.56 Å². The standard InChI is InChI=1S/C15H12BrN3O/c1-9-2-3-11(12(16)8-9)14-13(15(17)19-20-14)10-4-6-18-7-5-10/h2-8H,1H3,(H2,17,19). The molecule has 1 aromatic carbocycles. The largest absolute Gasteiger partial charge is 0.380 e. The molecule has 0 saturated heterocycles. The predicted octanol–water partition coefficient (Wildman–Crippen LogP) is 4.06. The number of nitrogens with zero attached hydrogens (tertiary/aromatic N) is 2. The topological polar surface area (TPSA) is 64.9 Å². The molecule has 2 N–H and O–H groups in total. The Bertz CT molecular complexity index is 753. The van der Waals surface area contributed by atoms with Gasteiger partial charge in [0, 0.05) is 22.4 Å². The van der Waals surface area contributed by atoms with Crippen LogP contribution in [0.25, 0.3) is 22.5 Å². The molecule has 0 bridgehead atoms. The molecule has 0 aliphatic heterocycles. The molecule has 2 aromatic heterocycles. The molecule has 3 aromatic rings. The maximum absolute atomic E-state index is 5.95. The lowest BCUT2D eigenvalue weighted by Crippen LogP contribution is -1.89. The first-order chi connectivity index (χ1) is 9.66. The number of aryl methyl sites for hydroxylation is 1. The van der Waals surface area contributed by atoms with Crippen LogP contribution in [0, 0.1) is 6.92 Å². The molecule has 3 rings (SSSR count). The van der Waals surface area contributed by atoms with Crippen LogP contribution in [-0.4, -0.2) is 10.1 Å². The minimum atomic E-state index is 0.374. The summed E-state index contributed by atoms with van der Waals surface area (Å²) < 4.78 is 6.38. The summed E-state index contributed by atoms with van der Waals surface area (Å²) in [6, 6.07) is 9.81. The van der Waals surface area contributed by atoms with Crippen molar-refractivity contribution in [3.8, 4) is 22.5 Å². The van der Waals surface area contributed by atoms with Gasteiger partial charge in [-0.25, -0.2) is 0 Å². The van der Waals surface area contributed by atoms with Gasteiger partial charge in [0.25, 0.3) is 0 Å². The lowest BCUT2D eigenvalue weighted by molar-refractivity contribution is 0.436. The maximum Gasteiger partial charge on any atom is 0.178 e. The highest BCUT2D eigenvalue weighted by Crippen LogP contribution is 2.39. The molecule has 2 heterocycles. The van der Waals surface area contributed by atoms with E-state index in [4.69, 9.17) is 10.3 Å². The van der Waals surface area contributed by atoms with E-state index in [9.17, 15) is 0 Å². The molecule has 0 fully saturated rings. The van der Waals surface area contributed by atoms with Crippen molar-refractivity contribution in [2.45, 2.75) is 6.92 Å². The normalized spacial score (nSPS) is 10.7. The Morgan fingerprint density at radius 1 is 1.15 bits per heavy atom. The van der Waals surface area contributed by atoms with Crippen molar-refractivity contribution in [3.05, 3.63) is 52.8 Å². The molecular formula is C15H12BrN3O. The Labute approximate surface area is 124 Å². The summed E-state index contributed by atoms with van der Waals surface area (Å²) in [7, 11) is 0. The van der Waals surface area contributed by atoms with Crippen molar-refractivity contribution in [1.29, 1.82) is 0 Å². The number of hydrogen-bond acceptors (Lipinski definition) is 4. The highest BCUT2D eigenvalue weighted by atomic mass is 79.9. The van der Waals surface area contributed by atoms with Gasteiger partial charge in [-0.05, 0) is 42.3 Å². The number of pyridine rings is 1. The van der Waals surface area contributed by atoms with Crippen molar-refractivity contribution in [3.63, 3.8) is 0 Å². The molecule has 0 aliphatic carbocycles. The Morgan fingerprint density at radius 2 is 1.90 bits per heavy atom. The second kappa shape index (κ2) is 5.09. The quantitative estimate of drug-likeness (QED) is 0.770. The van der Waals surface area contributed by atoms with Gasteiger partial charge < -0.3 is 10.3 Å². The summed E-state index contributed by atoms with van der Waals surface area (Å²) in [5.41, 5.74) is 9.76. The summed E-state index contributed by atoms with van der Waals surface area (Å²) >= 11 is 3.56. The zero-order chi connectivity index (χ0) is 14.1. The number of rotatable bonds is 2. The van der Waals surface area contributed by atoms with Gasteiger partial charge in [0.05, 0.1) is 5.56 Å². The van der Waals surface area contributed by atoms with Gasteiger partial charge in [0.15, 0.2) is 11.6 Å². The van der Waals surface area contributed by atoms with Crippen LogP contribution in [0.5, 0.6) is 0 Å². The van der Waals surface area contributed by atoms with Gasteiger partial charge in [-0.3, -0.25) is 4.98 Å². The summed E-state index contributed by atoms with van der Waals surface area (Å²) in [6.07, 6.45) is 3.44. The van der Waals surface area contributed by atoms with E-state index in [1.807, 2.05) is 37.3 Å². The van der Waals surface area contributed by atoms with Crippen molar-refractivity contribution in [2.75, 3.05) is 5.73 Å². The molecular weight excluding hydrogens is 318 g/mol. The van der Waals surface area contributed by atoms with Crippen LogP contribution in [0.3, 0.4) is 0 Å². The second-order valence-corrected chi connectivity index (χ2v) is 5.35. The number of benzene rings is 1. The number of nitrogen functional groups attached to an aromatic ring is 1. The molecule has 100 valence electrons. The molecule has 5 heteroatoms. The SMILES string of the molecule is Cc1ccc(-c2onc(N)c2-c2ccncc2)c(Br)c1. The number of aromatic nitrogens is 2. The van der Waals surface area contributed by atoms with Crippen molar-refractivity contribution < 1.29 is 4.52 Å². The number of nitrogens with two attached hydrogens (primary N) is 1. The van der Waals surface area contributed by atoms with Crippen LogP contribution in [0.15, 0.2) is 51.7 Å². The van der Waals surface area contributed by atoms with E-state index in [-0.39, 0.29) is 0 Å². The molecule has 0 saturated carbocycles. The van der Waals surface area contributed by atoms with Gasteiger partial charge in [0.1, 0.15) is 0 Å². The van der Waals surface area contributed by atoms with E-state index in [2.05, 4.69) is 26.1 Å². The molecule has 0 aliphatic rings. The Hall–Kier alpha value is -2.14. The van der Waals surface area contributed by atoms with Gasteiger partial charge in [-0.15, -0.1) is 0 Å². The fraction of sp³-hybridized carbons (Fsp3) is 0.0667. The first kappa shape index (κ1) is 12.9. The van der Waals surface area contributed by atoms with E-state index in [1.54, 1.807) is 12.4 Å². The maximum atomic E-state index is 5.95. The van der Waals surface area contributed by atoms with Crippen LogP contribution < -0.4 is 5.73 Å². The second-order valence-electron chi connectivity index (χ2n) is 4.49. The van der Waals surface area contributed by atoms with Gasteiger partial charge in [-0.1, -0.05) is 27.2 Å². The molecule has 0 unspecified atom stereocenters. The van der Waals surface area contributed by atoms with E-state index in [0.717, 1.165) is 21.2 Å². The summed E-state index contributed by atoms with van der Waals surface area (Å²) in [5.74, 6) is 1.03. The first-order valence-electron chi connectivity index (χ1n) is 6.09. The molecule has 0 spiro atoms. The van der Waals surface area contributed by atoms with Crippen molar-refractivity contribution in [1.82, 2.24) is 10.1 Å². The molecule has 20 heavy (non-hydrogen) atoms. The Morgan fingerprint density at radius 3 is 2.60 bits per heavy atom. The monoisotopic (exact) mass is 329 g/mol. The van der Waals surface area contributed by atoms with Gasteiger partial charge in [0.2, 0.25) is 0 Å². The molecule has 0 radical (unpaired) electrons. The van der Waals surface area contributed by atoms with Crippen LogP contribution in [-0.2, 0) is 0 Å². The van der Waals surface area contributed by atoms with Gasteiger partial charge in [-0.2, -0.15) is 0 Å².